The Hall–Kier alpha value is -0.760. The second-order valence-corrected chi connectivity index (χ2v) is 1.56. The van der Waals surface area contributed by atoms with E-state index in [1.807, 2.05) is 0 Å². The standard InChI is InChI=1S/C6H6FN.ClH/c7-5-2-1-3-6(8)4-5;/h1-4H,8H2;1H. The SMILES string of the molecule is Cl.Nc1cccc(F)c1. The Labute approximate surface area is 59.1 Å². The van der Waals surface area contributed by atoms with E-state index in [0.29, 0.717) is 5.69 Å². The van der Waals surface area contributed by atoms with Crippen molar-refractivity contribution >= 4 is 18.1 Å². The lowest BCUT2D eigenvalue weighted by Gasteiger charge is -1.88. The van der Waals surface area contributed by atoms with Crippen LogP contribution in [0.1, 0.15) is 0 Å². The molecule has 0 atom stereocenters. The van der Waals surface area contributed by atoms with Gasteiger partial charge in [0.25, 0.3) is 0 Å². The van der Waals surface area contributed by atoms with E-state index in [-0.39, 0.29) is 18.2 Å². The average molecular weight is 148 g/mol. The Kier molecular flexibility index (Phi) is 3.02. The Bertz CT molecular complexity index is 173. The van der Waals surface area contributed by atoms with Crippen LogP contribution in [-0.4, -0.2) is 0 Å². The molecule has 0 amide bonds. The smallest absolute Gasteiger partial charge is 0.125 e. The van der Waals surface area contributed by atoms with Crippen LogP contribution in [0.2, 0.25) is 0 Å². The lowest BCUT2D eigenvalue weighted by molar-refractivity contribution is 0.628. The van der Waals surface area contributed by atoms with Crippen molar-refractivity contribution in [3.8, 4) is 0 Å². The van der Waals surface area contributed by atoms with E-state index in [0.717, 1.165) is 0 Å². The summed E-state index contributed by atoms with van der Waals surface area (Å²) >= 11 is 0. The number of benzene rings is 1. The number of nitrogens with two attached hydrogens (primary N) is 1. The molecule has 0 radical (unpaired) electrons. The van der Waals surface area contributed by atoms with Crippen LogP contribution in [0.4, 0.5) is 10.1 Å². The topological polar surface area (TPSA) is 26.0 Å². The van der Waals surface area contributed by atoms with E-state index >= 15 is 0 Å². The number of nitrogen functional groups attached to an aromatic ring is 1. The lowest BCUT2D eigenvalue weighted by atomic mass is 10.3. The van der Waals surface area contributed by atoms with Crippen LogP contribution in [0, 0.1) is 5.82 Å². The predicted molar refractivity (Wildman–Crippen MR) is 38.1 cm³/mol. The molecule has 9 heavy (non-hydrogen) atoms. The third kappa shape index (κ3) is 2.33. The summed E-state index contributed by atoms with van der Waals surface area (Å²) in [5.41, 5.74) is 5.68. The number of rotatable bonds is 0. The Morgan fingerprint density at radius 1 is 1.33 bits per heavy atom. The molecule has 2 N–H and O–H groups in total. The monoisotopic (exact) mass is 147 g/mol. The molecule has 0 saturated carbocycles. The van der Waals surface area contributed by atoms with E-state index in [1.165, 1.54) is 12.1 Å². The summed E-state index contributed by atoms with van der Waals surface area (Å²) in [6.45, 7) is 0. The van der Waals surface area contributed by atoms with Gasteiger partial charge in [0.15, 0.2) is 0 Å². The average Bonchev–Trinajstić information content (AvgIpc) is 1.64. The van der Waals surface area contributed by atoms with Gasteiger partial charge in [-0.15, -0.1) is 12.4 Å². The molecule has 0 aromatic heterocycles. The number of hydrogen-bond acceptors (Lipinski definition) is 1. The molecule has 0 bridgehead atoms. The minimum atomic E-state index is -0.287. The highest BCUT2D eigenvalue weighted by Gasteiger charge is 1.85. The molecule has 0 aliphatic carbocycles. The number of anilines is 1. The minimum absolute atomic E-state index is 0. The lowest BCUT2D eigenvalue weighted by Crippen LogP contribution is -1.83. The van der Waals surface area contributed by atoms with Gasteiger partial charge in [0.05, 0.1) is 0 Å². The maximum absolute atomic E-state index is 12.1. The van der Waals surface area contributed by atoms with Crippen molar-refractivity contribution in [2.45, 2.75) is 0 Å². The van der Waals surface area contributed by atoms with Gasteiger partial charge in [-0.1, -0.05) is 6.07 Å². The van der Waals surface area contributed by atoms with Crippen LogP contribution in [0.25, 0.3) is 0 Å². The van der Waals surface area contributed by atoms with Crippen molar-refractivity contribution < 1.29 is 4.39 Å². The van der Waals surface area contributed by atoms with E-state index < -0.39 is 0 Å². The summed E-state index contributed by atoms with van der Waals surface area (Å²) in [6.07, 6.45) is 0. The molecule has 1 nitrogen and oxygen atoms in total. The largest absolute Gasteiger partial charge is 0.399 e. The summed E-state index contributed by atoms with van der Waals surface area (Å²) in [5, 5.41) is 0. The summed E-state index contributed by atoms with van der Waals surface area (Å²) in [4.78, 5) is 0. The Balaban J connectivity index is 0.000000640. The second kappa shape index (κ2) is 3.30. The molecular weight excluding hydrogens is 141 g/mol. The quantitative estimate of drug-likeness (QED) is 0.557. The molecule has 1 aromatic rings. The predicted octanol–water partition coefficient (Wildman–Crippen LogP) is 1.83. The van der Waals surface area contributed by atoms with Crippen LogP contribution in [0.5, 0.6) is 0 Å². The Morgan fingerprint density at radius 3 is 2.33 bits per heavy atom. The van der Waals surface area contributed by atoms with Gasteiger partial charge in [-0.25, -0.2) is 4.39 Å². The summed E-state index contributed by atoms with van der Waals surface area (Å²) in [6, 6.07) is 5.85. The molecule has 0 aliphatic heterocycles. The fourth-order valence-electron chi connectivity index (χ4n) is 0.507. The van der Waals surface area contributed by atoms with E-state index in [9.17, 15) is 4.39 Å². The van der Waals surface area contributed by atoms with Gasteiger partial charge < -0.3 is 5.73 Å². The highest BCUT2D eigenvalue weighted by Crippen LogP contribution is 2.02. The molecule has 50 valence electrons. The molecule has 0 unspecified atom stereocenters. The second-order valence-electron chi connectivity index (χ2n) is 1.56. The van der Waals surface area contributed by atoms with Crippen molar-refractivity contribution in [1.82, 2.24) is 0 Å². The van der Waals surface area contributed by atoms with Gasteiger partial charge in [-0.05, 0) is 18.2 Å². The van der Waals surface area contributed by atoms with E-state index in [1.54, 1.807) is 12.1 Å². The molecule has 3 heteroatoms. The van der Waals surface area contributed by atoms with Crippen molar-refractivity contribution in [3.63, 3.8) is 0 Å². The van der Waals surface area contributed by atoms with Crippen LogP contribution < -0.4 is 5.73 Å². The van der Waals surface area contributed by atoms with Crippen molar-refractivity contribution in [3.05, 3.63) is 30.1 Å². The summed E-state index contributed by atoms with van der Waals surface area (Å²) < 4.78 is 12.1. The molecule has 0 saturated heterocycles. The van der Waals surface area contributed by atoms with Crippen molar-refractivity contribution in [1.29, 1.82) is 0 Å². The van der Waals surface area contributed by atoms with Crippen LogP contribution >= 0.6 is 12.4 Å². The first kappa shape index (κ1) is 8.24. The van der Waals surface area contributed by atoms with Gasteiger partial charge in [-0.3, -0.25) is 0 Å². The maximum Gasteiger partial charge on any atom is 0.125 e. The molecule has 0 spiro atoms. The highest BCUT2D eigenvalue weighted by atomic mass is 35.5. The molecule has 1 aromatic carbocycles. The number of hydrogen-bond donors (Lipinski definition) is 1. The fourth-order valence-corrected chi connectivity index (χ4v) is 0.507. The van der Waals surface area contributed by atoms with Crippen molar-refractivity contribution in [2.24, 2.45) is 0 Å². The van der Waals surface area contributed by atoms with Crippen molar-refractivity contribution in [2.75, 3.05) is 5.73 Å². The van der Waals surface area contributed by atoms with E-state index in [4.69, 9.17) is 5.73 Å². The van der Waals surface area contributed by atoms with Gasteiger partial charge in [0, 0.05) is 5.69 Å². The van der Waals surface area contributed by atoms with Gasteiger partial charge >= 0.3 is 0 Å². The first-order valence-corrected chi connectivity index (χ1v) is 2.30. The van der Waals surface area contributed by atoms with Crippen LogP contribution in [0.15, 0.2) is 24.3 Å². The van der Waals surface area contributed by atoms with Crippen LogP contribution in [-0.2, 0) is 0 Å². The zero-order chi connectivity index (χ0) is 5.98. The zero-order valence-electron chi connectivity index (χ0n) is 4.67. The summed E-state index contributed by atoms with van der Waals surface area (Å²) in [7, 11) is 0. The molecule has 1 rings (SSSR count). The fraction of sp³-hybridized carbons (Fsp3) is 0. The molecular formula is C6H7ClFN. The maximum atomic E-state index is 12.1. The third-order valence-electron chi connectivity index (χ3n) is 0.849. The normalized spacial score (nSPS) is 8.11. The van der Waals surface area contributed by atoms with Crippen LogP contribution in [0.3, 0.4) is 0 Å². The zero-order valence-corrected chi connectivity index (χ0v) is 5.49. The third-order valence-corrected chi connectivity index (χ3v) is 0.849. The van der Waals surface area contributed by atoms with Gasteiger partial charge in [0.1, 0.15) is 5.82 Å². The highest BCUT2D eigenvalue weighted by molar-refractivity contribution is 5.85. The summed E-state index contributed by atoms with van der Waals surface area (Å²) in [5.74, 6) is -0.287. The molecule has 0 aliphatic rings. The first-order chi connectivity index (χ1) is 3.79. The minimum Gasteiger partial charge on any atom is -0.399 e. The first-order valence-electron chi connectivity index (χ1n) is 2.30. The molecule has 0 heterocycles. The van der Waals surface area contributed by atoms with Gasteiger partial charge in [0.2, 0.25) is 0 Å². The van der Waals surface area contributed by atoms with E-state index in [2.05, 4.69) is 0 Å². The molecule has 0 fully saturated rings. The van der Waals surface area contributed by atoms with Gasteiger partial charge in [-0.2, -0.15) is 0 Å². The Morgan fingerprint density at radius 2 is 2.00 bits per heavy atom. The number of halogens is 2.